The first kappa shape index (κ1) is 12.0. The fourth-order valence-electron chi connectivity index (χ4n) is 0.816. The molecule has 0 fully saturated rings. The first-order valence-electron chi connectivity index (χ1n) is 4.70. The second-order valence-corrected chi connectivity index (χ2v) is 3.97. The molecule has 0 aliphatic heterocycles. The van der Waals surface area contributed by atoms with Crippen molar-refractivity contribution in [1.29, 1.82) is 0 Å². The SMILES string of the molecule is CC(C)C(C)Oc1nc(NN)ncc1Cl. The van der Waals surface area contributed by atoms with Gasteiger partial charge in [0, 0.05) is 0 Å². The lowest BCUT2D eigenvalue weighted by Gasteiger charge is -2.17. The van der Waals surface area contributed by atoms with Gasteiger partial charge < -0.3 is 4.74 Å². The molecular formula is C9H15ClN4O. The number of nitrogens with zero attached hydrogens (tertiary/aromatic N) is 2. The molecule has 1 atom stereocenters. The number of ether oxygens (including phenoxy) is 1. The number of nitrogens with one attached hydrogen (secondary N) is 1. The van der Waals surface area contributed by atoms with Crippen molar-refractivity contribution in [2.24, 2.45) is 11.8 Å². The van der Waals surface area contributed by atoms with Crippen LogP contribution in [0.3, 0.4) is 0 Å². The van der Waals surface area contributed by atoms with Crippen LogP contribution >= 0.6 is 11.6 Å². The Balaban J connectivity index is 2.83. The summed E-state index contributed by atoms with van der Waals surface area (Å²) < 4.78 is 5.57. The van der Waals surface area contributed by atoms with Gasteiger partial charge in [0.15, 0.2) is 0 Å². The van der Waals surface area contributed by atoms with Gasteiger partial charge in [0.1, 0.15) is 5.02 Å². The fraction of sp³-hybridized carbons (Fsp3) is 0.556. The minimum Gasteiger partial charge on any atom is -0.473 e. The molecule has 1 aromatic heterocycles. The van der Waals surface area contributed by atoms with Crippen LogP contribution in [-0.2, 0) is 0 Å². The zero-order valence-electron chi connectivity index (χ0n) is 8.99. The molecule has 0 aromatic carbocycles. The normalized spacial score (nSPS) is 12.7. The number of aromatic nitrogens is 2. The predicted molar refractivity (Wildman–Crippen MR) is 59.8 cm³/mol. The Bertz CT molecular complexity index is 332. The van der Waals surface area contributed by atoms with Crippen molar-refractivity contribution in [3.05, 3.63) is 11.2 Å². The molecule has 6 heteroatoms. The molecule has 0 amide bonds. The summed E-state index contributed by atoms with van der Waals surface area (Å²) in [5, 5.41) is 0.376. The summed E-state index contributed by atoms with van der Waals surface area (Å²) in [6.45, 7) is 6.07. The highest BCUT2D eigenvalue weighted by Crippen LogP contribution is 2.23. The lowest BCUT2D eigenvalue weighted by molar-refractivity contribution is 0.163. The summed E-state index contributed by atoms with van der Waals surface area (Å²) in [7, 11) is 0. The van der Waals surface area contributed by atoms with Gasteiger partial charge in [-0.15, -0.1) is 0 Å². The standard InChI is InChI=1S/C9H15ClN4O/c1-5(2)6(3)15-8-7(10)4-12-9(13-8)14-11/h4-6H,11H2,1-3H3,(H,12,13,14). The molecule has 0 saturated heterocycles. The van der Waals surface area contributed by atoms with E-state index >= 15 is 0 Å². The third kappa shape index (κ3) is 3.21. The van der Waals surface area contributed by atoms with Gasteiger partial charge >= 0.3 is 0 Å². The molecule has 0 bridgehead atoms. The molecule has 5 nitrogen and oxygen atoms in total. The van der Waals surface area contributed by atoms with E-state index in [9.17, 15) is 0 Å². The monoisotopic (exact) mass is 230 g/mol. The van der Waals surface area contributed by atoms with E-state index in [1.807, 2.05) is 6.92 Å². The van der Waals surface area contributed by atoms with Gasteiger partial charge in [-0.25, -0.2) is 10.8 Å². The Hall–Kier alpha value is -1.07. The average molecular weight is 231 g/mol. The highest BCUT2D eigenvalue weighted by atomic mass is 35.5. The Morgan fingerprint density at radius 3 is 2.67 bits per heavy atom. The third-order valence-corrected chi connectivity index (χ3v) is 2.34. The molecule has 84 valence electrons. The lowest BCUT2D eigenvalue weighted by atomic mass is 10.1. The second kappa shape index (κ2) is 5.14. The van der Waals surface area contributed by atoms with Gasteiger partial charge in [0.05, 0.1) is 12.3 Å². The largest absolute Gasteiger partial charge is 0.473 e. The molecule has 0 saturated carbocycles. The molecule has 0 aliphatic carbocycles. The van der Waals surface area contributed by atoms with Crippen LogP contribution in [0.5, 0.6) is 5.88 Å². The van der Waals surface area contributed by atoms with E-state index in [-0.39, 0.29) is 12.1 Å². The smallest absolute Gasteiger partial charge is 0.240 e. The molecule has 15 heavy (non-hydrogen) atoms. The Labute approximate surface area is 94.0 Å². The van der Waals surface area contributed by atoms with Crippen LogP contribution in [0, 0.1) is 5.92 Å². The van der Waals surface area contributed by atoms with E-state index in [1.165, 1.54) is 6.20 Å². The number of anilines is 1. The maximum absolute atomic E-state index is 5.88. The quantitative estimate of drug-likeness (QED) is 0.610. The van der Waals surface area contributed by atoms with Gasteiger partial charge in [-0.2, -0.15) is 4.98 Å². The lowest BCUT2D eigenvalue weighted by Crippen LogP contribution is -2.20. The number of nitrogens with two attached hydrogens (primary N) is 1. The molecular weight excluding hydrogens is 216 g/mol. The molecule has 0 aliphatic rings. The van der Waals surface area contributed by atoms with Gasteiger partial charge in [-0.1, -0.05) is 25.4 Å². The van der Waals surface area contributed by atoms with E-state index in [1.54, 1.807) is 0 Å². The van der Waals surface area contributed by atoms with E-state index in [4.69, 9.17) is 22.2 Å². The van der Waals surface area contributed by atoms with Crippen molar-refractivity contribution in [1.82, 2.24) is 9.97 Å². The molecule has 1 rings (SSSR count). The summed E-state index contributed by atoms with van der Waals surface area (Å²) in [5.41, 5.74) is 2.34. The Morgan fingerprint density at radius 2 is 2.13 bits per heavy atom. The number of nitrogen functional groups attached to an aromatic ring is 1. The van der Waals surface area contributed by atoms with Crippen molar-refractivity contribution >= 4 is 17.5 Å². The van der Waals surface area contributed by atoms with Crippen molar-refractivity contribution < 1.29 is 4.74 Å². The minimum absolute atomic E-state index is 0.0306. The summed E-state index contributed by atoms with van der Waals surface area (Å²) in [4.78, 5) is 7.86. The van der Waals surface area contributed by atoms with E-state index in [2.05, 4.69) is 29.2 Å². The first-order valence-corrected chi connectivity index (χ1v) is 5.08. The average Bonchev–Trinajstić information content (AvgIpc) is 2.21. The Kier molecular flexibility index (Phi) is 4.11. The number of hydrogen-bond acceptors (Lipinski definition) is 5. The third-order valence-electron chi connectivity index (χ3n) is 2.08. The van der Waals surface area contributed by atoms with Crippen LogP contribution in [0.2, 0.25) is 5.02 Å². The summed E-state index contributed by atoms with van der Waals surface area (Å²) in [6.07, 6.45) is 1.48. The van der Waals surface area contributed by atoms with E-state index in [0.29, 0.717) is 16.8 Å². The molecule has 0 spiro atoms. The van der Waals surface area contributed by atoms with Gasteiger partial charge in [0.25, 0.3) is 0 Å². The zero-order chi connectivity index (χ0) is 11.4. The van der Waals surface area contributed by atoms with Crippen molar-refractivity contribution in [2.75, 3.05) is 5.43 Å². The maximum atomic E-state index is 5.88. The molecule has 0 radical (unpaired) electrons. The van der Waals surface area contributed by atoms with Crippen molar-refractivity contribution in [3.63, 3.8) is 0 Å². The highest BCUT2D eigenvalue weighted by molar-refractivity contribution is 6.31. The van der Waals surface area contributed by atoms with Crippen molar-refractivity contribution in [3.8, 4) is 5.88 Å². The number of rotatable bonds is 4. The Morgan fingerprint density at radius 1 is 1.47 bits per heavy atom. The minimum atomic E-state index is 0.0306. The van der Waals surface area contributed by atoms with Crippen LogP contribution in [0.25, 0.3) is 0 Å². The fourth-order valence-corrected chi connectivity index (χ4v) is 0.951. The number of hydrogen-bond donors (Lipinski definition) is 2. The van der Waals surface area contributed by atoms with Crippen LogP contribution in [0.15, 0.2) is 6.20 Å². The van der Waals surface area contributed by atoms with E-state index in [0.717, 1.165) is 0 Å². The van der Waals surface area contributed by atoms with Crippen LogP contribution in [0.1, 0.15) is 20.8 Å². The first-order chi connectivity index (χ1) is 7.04. The van der Waals surface area contributed by atoms with Gasteiger partial charge in [-0.05, 0) is 12.8 Å². The van der Waals surface area contributed by atoms with Crippen LogP contribution in [-0.4, -0.2) is 16.1 Å². The summed E-state index contributed by atoms with van der Waals surface area (Å²) >= 11 is 5.88. The molecule has 1 unspecified atom stereocenters. The predicted octanol–water partition coefficient (Wildman–Crippen LogP) is 1.84. The highest BCUT2D eigenvalue weighted by Gasteiger charge is 2.13. The van der Waals surface area contributed by atoms with E-state index < -0.39 is 0 Å². The number of halogens is 1. The zero-order valence-corrected chi connectivity index (χ0v) is 9.75. The van der Waals surface area contributed by atoms with Crippen molar-refractivity contribution in [2.45, 2.75) is 26.9 Å². The molecule has 1 heterocycles. The topological polar surface area (TPSA) is 73.1 Å². The van der Waals surface area contributed by atoms with Gasteiger partial charge in [-0.3, -0.25) is 5.43 Å². The number of hydrazine groups is 1. The molecule has 3 N–H and O–H groups in total. The summed E-state index contributed by atoms with van der Waals surface area (Å²) in [6, 6.07) is 0. The van der Waals surface area contributed by atoms with Gasteiger partial charge in [0.2, 0.25) is 11.8 Å². The van der Waals surface area contributed by atoms with Crippen LogP contribution in [0.4, 0.5) is 5.95 Å². The summed E-state index contributed by atoms with van der Waals surface area (Å²) in [5.74, 6) is 6.20. The maximum Gasteiger partial charge on any atom is 0.240 e. The van der Waals surface area contributed by atoms with Crippen LogP contribution < -0.4 is 16.0 Å². The second-order valence-electron chi connectivity index (χ2n) is 3.56. The molecule has 1 aromatic rings.